The predicted molar refractivity (Wildman–Crippen MR) is 73.5 cm³/mol. The van der Waals surface area contributed by atoms with Crippen molar-refractivity contribution in [2.24, 2.45) is 5.92 Å². The normalized spacial score (nSPS) is 14.8. The number of aromatic nitrogens is 2. The number of nitrogens with zero attached hydrogens (tertiary/aromatic N) is 3. The highest BCUT2D eigenvalue weighted by Gasteiger charge is 2.23. The van der Waals surface area contributed by atoms with E-state index in [-0.39, 0.29) is 11.8 Å². The second-order valence-electron chi connectivity index (χ2n) is 5.31. The zero-order chi connectivity index (χ0) is 13.4. The number of pyridine rings is 2. The molecule has 0 bridgehead atoms. The fraction of sp³-hybridized carbons (Fsp3) is 0.400. The van der Waals surface area contributed by atoms with Crippen molar-refractivity contribution in [2.75, 3.05) is 6.54 Å². The van der Waals surface area contributed by atoms with E-state index in [1.54, 1.807) is 6.20 Å². The first-order chi connectivity index (χ1) is 9.15. The predicted octanol–water partition coefficient (Wildman–Crippen LogP) is 2.17. The molecule has 2 aromatic heterocycles. The molecule has 1 amide bonds. The molecule has 4 heteroatoms. The Morgan fingerprint density at radius 3 is 3.05 bits per heavy atom. The highest BCUT2D eigenvalue weighted by atomic mass is 16.2. The zero-order valence-corrected chi connectivity index (χ0v) is 11.3. The van der Waals surface area contributed by atoms with Crippen LogP contribution in [-0.2, 0) is 17.8 Å². The van der Waals surface area contributed by atoms with Gasteiger partial charge in [-0.25, -0.2) is 9.97 Å². The van der Waals surface area contributed by atoms with Crippen LogP contribution in [0.1, 0.15) is 25.1 Å². The van der Waals surface area contributed by atoms with Gasteiger partial charge in [0.05, 0.1) is 0 Å². The molecule has 3 heterocycles. The van der Waals surface area contributed by atoms with Gasteiger partial charge in [0.1, 0.15) is 0 Å². The Kier molecular flexibility index (Phi) is 2.93. The first kappa shape index (κ1) is 12.1. The van der Waals surface area contributed by atoms with Crippen molar-refractivity contribution in [3.63, 3.8) is 0 Å². The van der Waals surface area contributed by atoms with Crippen molar-refractivity contribution < 1.29 is 4.79 Å². The number of carbonyl (C=O) groups excluding carboxylic acids is 1. The molecule has 98 valence electrons. The molecule has 2 aromatic rings. The van der Waals surface area contributed by atoms with E-state index in [4.69, 9.17) is 0 Å². The lowest BCUT2D eigenvalue weighted by Gasteiger charge is -2.29. The third-order valence-corrected chi connectivity index (χ3v) is 3.54. The van der Waals surface area contributed by atoms with Gasteiger partial charge in [0.15, 0.2) is 5.65 Å². The molecule has 3 rings (SSSR count). The van der Waals surface area contributed by atoms with E-state index in [1.807, 2.05) is 30.9 Å². The van der Waals surface area contributed by atoms with Gasteiger partial charge in [-0.2, -0.15) is 0 Å². The molecule has 4 nitrogen and oxygen atoms in total. The summed E-state index contributed by atoms with van der Waals surface area (Å²) >= 11 is 0. The molecule has 0 aliphatic carbocycles. The molecule has 0 aromatic carbocycles. The van der Waals surface area contributed by atoms with Gasteiger partial charge < -0.3 is 4.90 Å². The molecule has 0 radical (unpaired) electrons. The summed E-state index contributed by atoms with van der Waals surface area (Å²) < 4.78 is 0. The number of hydrogen-bond donors (Lipinski definition) is 0. The summed E-state index contributed by atoms with van der Waals surface area (Å²) in [7, 11) is 0. The summed E-state index contributed by atoms with van der Waals surface area (Å²) in [5, 5.41) is 1.04. The van der Waals surface area contributed by atoms with E-state index >= 15 is 0 Å². The highest BCUT2D eigenvalue weighted by molar-refractivity contribution is 5.79. The molecule has 1 aliphatic heterocycles. The van der Waals surface area contributed by atoms with Gasteiger partial charge in [-0.05, 0) is 23.8 Å². The van der Waals surface area contributed by atoms with Crippen LogP contribution in [0, 0.1) is 5.92 Å². The first-order valence-electron chi connectivity index (χ1n) is 6.67. The lowest BCUT2D eigenvalue weighted by molar-refractivity contribution is -0.135. The number of carbonyl (C=O) groups is 1. The van der Waals surface area contributed by atoms with E-state index in [0.29, 0.717) is 6.54 Å². The van der Waals surface area contributed by atoms with Crippen LogP contribution >= 0.6 is 0 Å². The zero-order valence-electron chi connectivity index (χ0n) is 11.3. The van der Waals surface area contributed by atoms with Crippen molar-refractivity contribution >= 4 is 16.9 Å². The Morgan fingerprint density at radius 1 is 1.42 bits per heavy atom. The number of hydrogen-bond acceptors (Lipinski definition) is 3. The molecule has 0 saturated heterocycles. The molecule has 0 fully saturated rings. The Bertz CT molecular complexity index is 636. The summed E-state index contributed by atoms with van der Waals surface area (Å²) in [6.45, 7) is 5.32. The van der Waals surface area contributed by atoms with Crippen molar-refractivity contribution in [2.45, 2.75) is 26.8 Å². The smallest absolute Gasteiger partial charge is 0.225 e. The van der Waals surface area contributed by atoms with Crippen LogP contribution in [0.15, 0.2) is 24.4 Å². The first-order valence-corrected chi connectivity index (χ1v) is 6.67. The van der Waals surface area contributed by atoms with Gasteiger partial charge in [-0.3, -0.25) is 4.79 Å². The van der Waals surface area contributed by atoms with E-state index < -0.39 is 0 Å². The second-order valence-corrected chi connectivity index (χ2v) is 5.31. The Hall–Kier alpha value is -1.97. The minimum Gasteiger partial charge on any atom is -0.338 e. The van der Waals surface area contributed by atoms with Gasteiger partial charge in [0, 0.05) is 42.7 Å². The second kappa shape index (κ2) is 4.61. The molecule has 0 atom stereocenters. The van der Waals surface area contributed by atoms with Crippen LogP contribution in [0.2, 0.25) is 0 Å². The summed E-state index contributed by atoms with van der Waals surface area (Å²) in [5.41, 5.74) is 3.03. The molecule has 0 spiro atoms. The monoisotopic (exact) mass is 255 g/mol. The van der Waals surface area contributed by atoms with Crippen LogP contribution in [-0.4, -0.2) is 27.3 Å². The Morgan fingerprint density at radius 2 is 2.26 bits per heavy atom. The Labute approximate surface area is 112 Å². The molecular formula is C15H17N3O. The van der Waals surface area contributed by atoms with Crippen molar-refractivity contribution in [1.82, 2.24) is 14.9 Å². The summed E-state index contributed by atoms with van der Waals surface area (Å²) in [5.74, 6) is 0.272. The molecule has 0 saturated carbocycles. The van der Waals surface area contributed by atoms with Gasteiger partial charge >= 0.3 is 0 Å². The highest BCUT2D eigenvalue weighted by Crippen LogP contribution is 2.22. The quantitative estimate of drug-likeness (QED) is 0.784. The van der Waals surface area contributed by atoms with Crippen LogP contribution in [0.3, 0.4) is 0 Å². The number of rotatable bonds is 1. The maximum absolute atomic E-state index is 12.1. The topological polar surface area (TPSA) is 46.1 Å². The SMILES string of the molecule is CC(C)C(=O)N1CCc2nc3ncccc3cc2C1. The lowest BCUT2D eigenvalue weighted by atomic mass is 10.0. The molecule has 19 heavy (non-hydrogen) atoms. The van der Waals surface area contributed by atoms with Crippen molar-refractivity contribution in [3.8, 4) is 0 Å². The number of amides is 1. The average Bonchev–Trinajstić information content (AvgIpc) is 2.43. The maximum Gasteiger partial charge on any atom is 0.225 e. The third-order valence-electron chi connectivity index (χ3n) is 3.54. The van der Waals surface area contributed by atoms with Gasteiger partial charge in [-0.1, -0.05) is 13.8 Å². The van der Waals surface area contributed by atoms with Crippen LogP contribution in [0.4, 0.5) is 0 Å². The molecular weight excluding hydrogens is 238 g/mol. The molecule has 0 unspecified atom stereocenters. The average molecular weight is 255 g/mol. The third kappa shape index (κ3) is 2.18. The van der Waals surface area contributed by atoms with Crippen LogP contribution in [0.25, 0.3) is 11.0 Å². The standard InChI is InChI=1S/C15H17N3O/c1-10(2)15(19)18-7-5-13-12(9-18)8-11-4-3-6-16-14(11)17-13/h3-4,6,8,10H,5,7,9H2,1-2H3. The summed E-state index contributed by atoms with van der Waals surface area (Å²) in [4.78, 5) is 22.9. The number of fused-ring (bicyclic) bond motifs is 2. The van der Waals surface area contributed by atoms with Crippen LogP contribution < -0.4 is 0 Å². The van der Waals surface area contributed by atoms with Crippen molar-refractivity contribution in [1.29, 1.82) is 0 Å². The van der Waals surface area contributed by atoms with Gasteiger partial charge in [-0.15, -0.1) is 0 Å². The minimum atomic E-state index is 0.0524. The summed E-state index contributed by atoms with van der Waals surface area (Å²) in [6, 6.07) is 6.04. The van der Waals surface area contributed by atoms with E-state index in [1.165, 1.54) is 0 Å². The maximum atomic E-state index is 12.1. The van der Waals surface area contributed by atoms with E-state index in [0.717, 1.165) is 35.3 Å². The molecule has 1 aliphatic rings. The molecule has 0 N–H and O–H groups in total. The van der Waals surface area contributed by atoms with E-state index in [9.17, 15) is 4.79 Å². The van der Waals surface area contributed by atoms with Gasteiger partial charge in [0.25, 0.3) is 0 Å². The lowest BCUT2D eigenvalue weighted by Crippen LogP contribution is -2.38. The fourth-order valence-corrected chi connectivity index (χ4v) is 2.52. The van der Waals surface area contributed by atoms with Crippen LogP contribution in [0.5, 0.6) is 0 Å². The largest absolute Gasteiger partial charge is 0.338 e. The summed E-state index contributed by atoms with van der Waals surface area (Å²) in [6.07, 6.45) is 2.58. The van der Waals surface area contributed by atoms with Crippen molar-refractivity contribution in [3.05, 3.63) is 35.7 Å². The minimum absolute atomic E-state index is 0.0524. The van der Waals surface area contributed by atoms with E-state index in [2.05, 4.69) is 16.0 Å². The Balaban J connectivity index is 1.96. The van der Waals surface area contributed by atoms with Gasteiger partial charge in [0.2, 0.25) is 5.91 Å². The fourth-order valence-electron chi connectivity index (χ4n) is 2.52.